The SMILES string of the molecule is Cc1cccc(CC(=O)N2CC[C@H](n3nccn3)C2)c1. The first-order valence-electron chi connectivity index (χ1n) is 6.91. The van der Waals surface area contributed by atoms with Gasteiger partial charge >= 0.3 is 0 Å². The molecule has 3 rings (SSSR count). The van der Waals surface area contributed by atoms with Crippen LogP contribution in [0.5, 0.6) is 0 Å². The highest BCUT2D eigenvalue weighted by atomic mass is 16.2. The van der Waals surface area contributed by atoms with Crippen LogP contribution in [0.15, 0.2) is 36.7 Å². The molecule has 0 aliphatic carbocycles. The Morgan fingerprint density at radius 2 is 2.15 bits per heavy atom. The van der Waals surface area contributed by atoms with Crippen LogP contribution in [0, 0.1) is 6.92 Å². The average Bonchev–Trinajstić information content (AvgIpc) is 3.10. The molecule has 1 fully saturated rings. The monoisotopic (exact) mass is 270 g/mol. The zero-order valence-corrected chi connectivity index (χ0v) is 11.6. The summed E-state index contributed by atoms with van der Waals surface area (Å²) in [6, 6.07) is 8.34. The summed E-state index contributed by atoms with van der Waals surface area (Å²) in [6.45, 7) is 3.54. The Morgan fingerprint density at radius 3 is 2.90 bits per heavy atom. The van der Waals surface area contributed by atoms with Crippen molar-refractivity contribution in [2.75, 3.05) is 13.1 Å². The third kappa shape index (κ3) is 2.71. The fourth-order valence-corrected chi connectivity index (χ4v) is 2.68. The van der Waals surface area contributed by atoms with Gasteiger partial charge in [0.25, 0.3) is 0 Å². The second-order valence-electron chi connectivity index (χ2n) is 5.30. The number of amides is 1. The molecule has 0 radical (unpaired) electrons. The largest absolute Gasteiger partial charge is 0.340 e. The lowest BCUT2D eigenvalue weighted by atomic mass is 10.1. The molecule has 1 aromatic heterocycles. The number of aryl methyl sites for hydroxylation is 1. The fraction of sp³-hybridized carbons (Fsp3) is 0.400. The molecule has 1 atom stereocenters. The molecule has 1 saturated heterocycles. The number of benzene rings is 1. The van der Waals surface area contributed by atoms with Crippen molar-refractivity contribution in [2.24, 2.45) is 0 Å². The highest BCUT2D eigenvalue weighted by molar-refractivity contribution is 5.79. The van der Waals surface area contributed by atoms with E-state index in [0.717, 1.165) is 18.5 Å². The molecule has 2 heterocycles. The van der Waals surface area contributed by atoms with Crippen molar-refractivity contribution in [3.05, 3.63) is 47.8 Å². The Morgan fingerprint density at radius 1 is 1.35 bits per heavy atom. The Balaban J connectivity index is 1.61. The number of carbonyl (C=O) groups is 1. The van der Waals surface area contributed by atoms with Crippen molar-refractivity contribution in [1.82, 2.24) is 19.9 Å². The van der Waals surface area contributed by atoms with E-state index in [1.54, 1.807) is 17.2 Å². The first-order valence-corrected chi connectivity index (χ1v) is 6.91. The van der Waals surface area contributed by atoms with Gasteiger partial charge in [0.15, 0.2) is 0 Å². The van der Waals surface area contributed by atoms with Gasteiger partial charge in [-0.15, -0.1) is 0 Å². The fourth-order valence-electron chi connectivity index (χ4n) is 2.68. The molecule has 20 heavy (non-hydrogen) atoms. The number of likely N-dealkylation sites (tertiary alicyclic amines) is 1. The molecule has 2 aromatic rings. The maximum Gasteiger partial charge on any atom is 0.227 e. The van der Waals surface area contributed by atoms with E-state index in [1.807, 2.05) is 30.0 Å². The van der Waals surface area contributed by atoms with Gasteiger partial charge < -0.3 is 4.90 Å². The second kappa shape index (κ2) is 5.45. The topological polar surface area (TPSA) is 51.0 Å². The Hall–Kier alpha value is -2.17. The van der Waals surface area contributed by atoms with E-state index in [2.05, 4.69) is 16.3 Å². The molecule has 104 valence electrons. The second-order valence-corrected chi connectivity index (χ2v) is 5.30. The van der Waals surface area contributed by atoms with Crippen molar-refractivity contribution in [2.45, 2.75) is 25.8 Å². The molecule has 0 N–H and O–H groups in total. The van der Waals surface area contributed by atoms with Crippen molar-refractivity contribution in [3.63, 3.8) is 0 Å². The molecule has 5 nitrogen and oxygen atoms in total. The van der Waals surface area contributed by atoms with Crippen LogP contribution in [-0.4, -0.2) is 38.9 Å². The van der Waals surface area contributed by atoms with Gasteiger partial charge in [0.05, 0.1) is 24.9 Å². The van der Waals surface area contributed by atoms with Gasteiger partial charge in [0.2, 0.25) is 5.91 Å². The Labute approximate surface area is 118 Å². The standard InChI is InChI=1S/C15H18N4O/c1-12-3-2-4-13(9-12)10-15(20)18-8-5-14(11-18)19-16-6-7-17-19/h2-4,6-7,9,14H,5,8,10-11H2,1H3/t14-/m0/s1. The van der Waals surface area contributed by atoms with Crippen molar-refractivity contribution < 1.29 is 4.79 Å². The molecule has 0 saturated carbocycles. The molecular formula is C15H18N4O. The van der Waals surface area contributed by atoms with Gasteiger partial charge in [-0.05, 0) is 18.9 Å². The first kappa shape index (κ1) is 12.8. The number of nitrogens with zero attached hydrogens (tertiary/aromatic N) is 4. The predicted octanol–water partition coefficient (Wildman–Crippen LogP) is 1.60. The predicted molar refractivity (Wildman–Crippen MR) is 75.1 cm³/mol. The lowest BCUT2D eigenvalue weighted by Crippen LogP contribution is -2.30. The highest BCUT2D eigenvalue weighted by Crippen LogP contribution is 2.20. The van der Waals surface area contributed by atoms with Crippen LogP contribution >= 0.6 is 0 Å². The summed E-state index contributed by atoms with van der Waals surface area (Å²) in [5, 5.41) is 8.31. The van der Waals surface area contributed by atoms with E-state index in [9.17, 15) is 4.79 Å². The van der Waals surface area contributed by atoms with Crippen LogP contribution in [0.25, 0.3) is 0 Å². The summed E-state index contributed by atoms with van der Waals surface area (Å²) in [5.74, 6) is 0.185. The summed E-state index contributed by atoms with van der Waals surface area (Å²) < 4.78 is 0. The van der Waals surface area contributed by atoms with Crippen LogP contribution in [-0.2, 0) is 11.2 Å². The molecule has 5 heteroatoms. The number of hydrogen-bond acceptors (Lipinski definition) is 3. The van der Waals surface area contributed by atoms with Crippen LogP contribution < -0.4 is 0 Å². The number of hydrogen-bond donors (Lipinski definition) is 0. The van der Waals surface area contributed by atoms with Gasteiger partial charge in [-0.25, -0.2) is 0 Å². The zero-order chi connectivity index (χ0) is 13.9. The van der Waals surface area contributed by atoms with Crippen molar-refractivity contribution >= 4 is 5.91 Å². The molecule has 1 aliphatic heterocycles. The van der Waals surface area contributed by atoms with Crippen LogP contribution in [0.1, 0.15) is 23.6 Å². The zero-order valence-electron chi connectivity index (χ0n) is 11.6. The highest BCUT2D eigenvalue weighted by Gasteiger charge is 2.28. The smallest absolute Gasteiger partial charge is 0.227 e. The third-order valence-electron chi connectivity index (χ3n) is 3.72. The quantitative estimate of drug-likeness (QED) is 0.851. The Kier molecular flexibility index (Phi) is 3.50. The van der Waals surface area contributed by atoms with Crippen molar-refractivity contribution in [3.8, 4) is 0 Å². The Bertz CT molecular complexity index is 594. The van der Waals surface area contributed by atoms with E-state index in [4.69, 9.17) is 0 Å². The molecule has 1 aromatic carbocycles. The first-order chi connectivity index (χ1) is 9.72. The number of carbonyl (C=O) groups excluding carboxylic acids is 1. The van der Waals surface area contributed by atoms with Gasteiger partial charge in [0, 0.05) is 13.1 Å². The minimum Gasteiger partial charge on any atom is -0.340 e. The summed E-state index contributed by atoms with van der Waals surface area (Å²) in [7, 11) is 0. The van der Waals surface area contributed by atoms with E-state index >= 15 is 0 Å². The lowest BCUT2D eigenvalue weighted by molar-refractivity contribution is -0.129. The molecular weight excluding hydrogens is 252 g/mol. The maximum absolute atomic E-state index is 12.3. The lowest BCUT2D eigenvalue weighted by Gasteiger charge is -2.16. The van der Waals surface area contributed by atoms with Gasteiger partial charge in [-0.3, -0.25) is 4.79 Å². The average molecular weight is 270 g/mol. The molecule has 0 bridgehead atoms. The van der Waals surface area contributed by atoms with E-state index < -0.39 is 0 Å². The maximum atomic E-state index is 12.3. The van der Waals surface area contributed by atoms with Crippen molar-refractivity contribution in [1.29, 1.82) is 0 Å². The minimum absolute atomic E-state index is 0.185. The summed E-state index contributed by atoms with van der Waals surface area (Å²) in [5.41, 5.74) is 2.27. The normalized spacial score (nSPS) is 18.4. The molecule has 0 unspecified atom stereocenters. The third-order valence-corrected chi connectivity index (χ3v) is 3.72. The minimum atomic E-state index is 0.185. The van der Waals surface area contributed by atoms with Gasteiger partial charge in [-0.2, -0.15) is 15.0 Å². The molecule has 0 spiro atoms. The van der Waals surface area contributed by atoms with Crippen LogP contribution in [0.3, 0.4) is 0 Å². The van der Waals surface area contributed by atoms with Gasteiger partial charge in [-0.1, -0.05) is 29.8 Å². The molecule has 1 amide bonds. The van der Waals surface area contributed by atoms with Crippen LogP contribution in [0.2, 0.25) is 0 Å². The van der Waals surface area contributed by atoms with Crippen LogP contribution in [0.4, 0.5) is 0 Å². The number of rotatable bonds is 3. The van der Waals surface area contributed by atoms with E-state index in [1.165, 1.54) is 5.56 Å². The van der Waals surface area contributed by atoms with E-state index in [-0.39, 0.29) is 11.9 Å². The summed E-state index contributed by atoms with van der Waals surface area (Å²) in [6.07, 6.45) is 4.75. The number of aromatic nitrogens is 3. The summed E-state index contributed by atoms with van der Waals surface area (Å²) >= 11 is 0. The molecule has 1 aliphatic rings. The summed E-state index contributed by atoms with van der Waals surface area (Å²) in [4.78, 5) is 15.9. The van der Waals surface area contributed by atoms with E-state index in [0.29, 0.717) is 13.0 Å². The van der Waals surface area contributed by atoms with Gasteiger partial charge in [0.1, 0.15) is 0 Å².